The van der Waals surface area contributed by atoms with Gasteiger partial charge in [-0.05, 0) is 67.1 Å². The van der Waals surface area contributed by atoms with E-state index >= 15 is 0 Å². The van der Waals surface area contributed by atoms with Crippen molar-refractivity contribution in [2.75, 3.05) is 26.2 Å². The van der Waals surface area contributed by atoms with E-state index in [-0.39, 0.29) is 17.4 Å². The van der Waals surface area contributed by atoms with Crippen molar-refractivity contribution in [3.63, 3.8) is 0 Å². The van der Waals surface area contributed by atoms with E-state index in [0.717, 1.165) is 25.3 Å². The molecule has 0 aliphatic carbocycles. The molecular formula is C26H36N2O2. The summed E-state index contributed by atoms with van der Waals surface area (Å²) in [6, 6.07) is 16.6. The number of rotatable bonds is 8. The SMILES string of the molecule is CCCOc1cccc(C(=O)NC[C@@H](c2ccc(C(C)(C)C)cc2)N2CCCC2)c1. The first kappa shape index (κ1) is 22.4. The summed E-state index contributed by atoms with van der Waals surface area (Å²) in [5.41, 5.74) is 3.39. The summed E-state index contributed by atoms with van der Waals surface area (Å²) in [6.45, 7) is 12.2. The number of ether oxygens (including phenoxy) is 1. The van der Waals surface area contributed by atoms with E-state index in [1.165, 1.54) is 24.0 Å². The Morgan fingerprint density at radius 1 is 1.10 bits per heavy atom. The zero-order chi connectivity index (χ0) is 21.6. The van der Waals surface area contributed by atoms with Gasteiger partial charge in [0.05, 0.1) is 12.6 Å². The van der Waals surface area contributed by atoms with E-state index in [9.17, 15) is 4.79 Å². The van der Waals surface area contributed by atoms with Crippen LogP contribution in [-0.2, 0) is 5.41 Å². The zero-order valence-corrected chi connectivity index (χ0v) is 18.9. The van der Waals surface area contributed by atoms with Gasteiger partial charge in [0.1, 0.15) is 5.75 Å². The van der Waals surface area contributed by atoms with Gasteiger partial charge in [0.15, 0.2) is 0 Å². The largest absolute Gasteiger partial charge is 0.494 e. The van der Waals surface area contributed by atoms with Crippen LogP contribution in [0.5, 0.6) is 5.75 Å². The number of carbonyl (C=O) groups is 1. The maximum Gasteiger partial charge on any atom is 0.251 e. The Morgan fingerprint density at radius 2 is 1.80 bits per heavy atom. The predicted molar refractivity (Wildman–Crippen MR) is 123 cm³/mol. The molecule has 1 aliphatic rings. The molecule has 0 bridgehead atoms. The summed E-state index contributed by atoms with van der Waals surface area (Å²) in [7, 11) is 0. The summed E-state index contributed by atoms with van der Waals surface area (Å²) in [5, 5.41) is 3.17. The van der Waals surface area contributed by atoms with Crippen molar-refractivity contribution in [1.29, 1.82) is 0 Å². The Kier molecular flexibility index (Phi) is 7.54. The van der Waals surface area contributed by atoms with Crippen molar-refractivity contribution in [3.8, 4) is 5.75 Å². The smallest absolute Gasteiger partial charge is 0.251 e. The standard InChI is InChI=1S/C26H36N2O2/c1-5-17-30-23-10-8-9-21(18-23)25(29)27-19-24(28-15-6-7-16-28)20-11-13-22(14-12-20)26(2,3)4/h8-14,18,24H,5-7,15-17,19H2,1-4H3,(H,27,29)/t24-/m0/s1. The second-order valence-corrected chi connectivity index (χ2v) is 9.22. The Morgan fingerprint density at radius 3 is 2.43 bits per heavy atom. The topological polar surface area (TPSA) is 41.6 Å². The Labute approximate surface area is 181 Å². The van der Waals surface area contributed by atoms with Gasteiger partial charge in [-0.1, -0.05) is 58.0 Å². The molecule has 1 aliphatic heterocycles. The summed E-state index contributed by atoms with van der Waals surface area (Å²) in [6.07, 6.45) is 3.39. The number of hydrogen-bond donors (Lipinski definition) is 1. The van der Waals surface area contributed by atoms with Crippen molar-refractivity contribution in [2.24, 2.45) is 0 Å². The molecule has 3 rings (SSSR count). The van der Waals surface area contributed by atoms with E-state index in [1.807, 2.05) is 24.3 Å². The normalized spacial score (nSPS) is 15.7. The van der Waals surface area contributed by atoms with Gasteiger partial charge in [-0.2, -0.15) is 0 Å². The Hall–Kier alpha value is -2.33. The van der Waals surface area contributed by atoms with Crippen LogP contribution in [0.25, 0.3) is 0 Å². The molecule has 162 valence electrons. The number of carbonyl (C=O) groups excluding carboxylic acids is 1. The van der Waals surface area contributed by atoms with Crippen LogP contribution in [0.2, 0.25) is 0 Å². The lowest BCUT2D eigenvalue weighted by molar-refractivity contribution is 0.0937. The second-order valence-electron chi connectivity index (χ2n) is 9.22. The predicted octanol–water partition coefficient (Wildman–Crippen LogP) is 5.34. The average Bonchev–Trinajstić information content (AvgIpc) is 3.27. The van der Waals surface area contributed by atoms with Crippen molar-refractivity contribution in [3.05, 3.63) is 65.2 Å². The number of nitrogens with one attached hydrogen (secondary N) is 1. The van der Waals surface area contributed by atoms with Crippen molar-refractivity contribution < 1.29 is 9.53 Å². The maximum atomic E-state index is 12.8. The second kappa shape index (κ2) is 10.1. The number of nitrogens with zero attached hydrogens (tertiary/aromatic N) is 1. The van der Waals surface area contributed by atoms with Crippen LogP contribution in [0.3, 0.4) is 0 Å². The van der Waals surface area contributed by atoms with Crippen LogP contribution in [0.1, 0.15) is 74.5 Å². The van der Waals surface area contributed by atoms with Gasteiger partial charge in [0, 0.05) is 12.1 Å². The number of hydrogen-bond acceptors (Lipinski definition) is 3. The van der Waals surface area contributed by atoms with Gasteiger partial charge in [-0.3, -0.25) is 9.69 Å². The average molecular weight is 409 g/mol. The first-order valence-corrected chi connectivity index (χ1v) is 11.2. The van der Waals surface area contributed by atoms with Crippen molar-refractivity contribution >= 4 is 5.91 Å². The fourth-order valence-electron chi connectivity index (χ4n) is 3.95. The molecule has 4 nitrogen and oxygen atoms in total. The molecule has 1 fully saturated rings. The van der Waals surface area contributed by atoms with Gasteiger partial charge >= 0.3 is 0 Å². The molecule has 0 aromatic heterocycles. The van der Waals surface area contributed by atoms with E-state index in [4.69, 9.17) is 4.74 Å². The lowest BCUT2D eigenvalue weighted by atomic mass is 9.86. The van der Waals surface area contributed by atoms with Gasteiger partial charge in [-0.15, -0.1) is 0 Å². The highest BCUT2D eigenvalue weighted by atomic mass is 16.5. The zero-order valence-electron chi connectivity index (χ0n) is 18.9. The van der Waals surface area contributed by atoms with Crippen LogP contribution in [-0.4, -0.2) is 37.0 Å². The molecule has 0 unspecified atom stereocenters. The molecule has 0 radical (unpaired) electrons. The van der Waals surface area contributed by atoms with Crippen LogP contribution >= 0.6 is 0 Å². The van der Waals surface area contributed by atoms with E-state index in [1.54, 1.807) is 0 Å². The summed E-state index contributed by atoms with van der Waals surface area (Å²) >= 11 is 0. The van der Waals surface area contributed by atoms with Crippen molar-refractivity contribution in [2.45, 2.75) is 58.4 Å². The highest BCUT2D eigenvalue weighted by Gasteiger charge is 2.25. The molecule has 2 aromatic carbocycles. The fourth-order valence-corrected chi connectivity index (χ4v) is 3.95. The molecule has 1 N–H and O–H groups in total. The highest BCUT2D eigenvalue weighted by molar-refractivity contribution is 5.94. The molecule has 4 heteroatoms. The third-order valence-electron chi connectivity index (χ3n) is 5.77. The minimum Gasteiger partial charge on any atom is -0.494 e. The van der Waals surface area contributed by atoms with E-state index in [0.29, 0.717) is 18.7 Å². The first-order chi connectivity index (χ1) is 14.4. The monoisotopic (exact) mass is 408 g/mol. The van der Waals surface area contributed by atoms with Gasteiger partial charge in [0.25, 0.3) is 5.91 Å². The van der Waals surface area contributed by atoms with Crippen LogP contribution in [0, 0.1) is 0 Å². The quantitative estimate of drug-likeness (QED) is 0.641. The number of amides is 1. The molecular weight excluding hydrogens is 372 g/mol. The molecule has 1 saturated heterocycles. The number of benzene rings is 2. The van der Waals surface area contributed by atoms with Gasteiger partial charge < -0.3 is 10.1 Å². The van der Waals surface area contributed by atoms with Crippen molar-refractivity contribution in [1.82, 2.24) is 10.2 Å². The third kappa shape index (κ3) is 5.85. The van der Waals surface area contributed by atoms with E-state index in [2.05, 4.69) is 62.2 Å². The minimum absolute atomic E-state index is 0.0487. The van der Waals surface area contributed by atoms with Gasteiger partial charge in [-0.25, -0.2) is 0 Å². The van der Waals surface area contributed by atoms with Crippen LogP contribution in [0.4, 0.5) is 0 Å². The summed E-state index contributed by atoms with van der Waals surface area (Å²) in [4.78, 5) is 15.3. The lowest BCUT2D eigenvalue weighted by Gasteiger charge is -2.29. The molecule has 1 heterocycles. The Bertz CT molecular complexity index is 818. The maximum absolute atomic E-state index is 12.8. The highest BCUT2D eigenvalue weighted by Crippen LogP contribution is 2.28. The molecule has 0 saturated carbocycles. The molecule has 2 aromatic rings. The fraction of sp³-hybridized carbons (Fsp3) is 0.500. The lowest BCUT2D eigenvalue weighted by Crippen LogP contribution is -2.36. The summed E-state index contributed by atoms with van der Waals surface area (Å²) in [5.74, 6) is 0.700. The molecule has 1 atom stereocenters. The van der Waals surface area contributed by atoms with Gasteiger partial charge in [0.2, 0.25) is 0 Å². The van der Waals surface area contributed by atoms with Crippen LogP contribution in [0.15, 0.2) is 48.5 Å². The van der Waals surface area contributed by atoms with Crippen LogP contribution < -0.4 is 10.1 Å². The Balaban J connectivity index is 1.71. The molecule has 1 amide bonds. The molecule has 0 spiro atoms. The minimum atomic E-state index is -0.0487. The first-order valence-electron chi connectivity index (χ1n) is 11.2. The van der Waals surface area contributed by atoms with E-state index < -0.39 is 0 Å². The third-order valence-corrected chi connectivity index (χ3v) is 5.77. The number of likely N-dealkylation sites (tertiary alicyclic amines) is 1. The summed E-state index contributed by atoms with van der Waals surface area (Å²) < 4.78 is 5.67. The molecule has 30 heavy (non-hydrogen) atoms.